The Kier molecular flexibility index (Phi) is 3.27. The smallest absolute Gasteiger partial charge is 0.150 e. The van der Waals surface area contributed by atoms with Crippen molar-refractivity contribution in [2.75, 3.05) is 6.54 Å². The van der Waals surface area contributed by atoms with E-state index in [0.717, 1.165) is 50.8 Å². The molecule has 1 saturated heterocycles. The van der Waals surface area contributed by atoms with Crippen LogP contribution < -0.4 is 5.32 Å². The number of fused-ring (bicyclic) bond motifs is 4. The highest BCUT2D eigenvalue weighted by molar-refractivity contribution is 7.18. The summed E-state index contributed by atoms with van der Waals surface area (Å²) in [4.78, 5) is 15.3. The van der Waals surface area contributed by atoms with E-state index in [4.69, 9.17) is 4.98 Å². The minimum absolute atomic E-state index is 0.0576. The number of thiophene rings is 1. The van der Waals surface area contributed by atoms with Crippen LogP contribution in [0.5, 0.6) is 0 Å². The van der Waals surface area contributed by atoms with Gasteiger partial charge in [-0.15, -0.1) is 11.3 Å². The summed E-state index contributed by atoms with van der Waals surface area (Å²) in [5.74, 6) is 0.0576. The van der Waals surface area contributed by atoms with Crippen LogP contribution in [-0.4, -0.2) is 37.2 Å². The number of halogens is 1. The van der Waals surface area contributed by atoms with E-state index in [1.165, 1.54) is 11.3 Å². The molecule has 0 aromatic carbocycles. The molecule has 8 heteroatoms. The highest BCUT2D eigenvalue weighted by Crippen LogP contribution is 2.52. The summed E-state index contributed by atoms with van der Waals surface area (Å²) in [5, 5.41) is 8.02. The molecule has 142 valence electrons. The first-order chi connectivity index (χ1) is 13.5. The van der Waals surface area contributed by atoms with E-state index < -0.39 is 5.67 Å². The van der Waals surface area contributed by atoms with E-state index in [2.05, 4.69) is 20.4 Å². The van der Waals surface area contributed by atoms with Crippen LogP contribution >= 0.6 is 11.3 Å². The zero-order chi connectivity index (χ0) is 19.0. The molecule has 1 aliphatic carbocycles. The first-order valence-electron chi connectivity index (χ1n) is 9.53. The minimum atomic E-state index is -1.24. The molecule has 3 atom stereocenters. The van der Waals surface area contributed by atoms with Crippen LogP contribution in [0.4, 0.5) is 4.39 Å². The van der Waals surface area contributed by atoms with Gasteiger partial charge in [0.25, 0.3) is 0 Å². The molecule has 6 rings (SSSR count). The van der Waals surface area contributed by atoms with Gasteiger partial charge in [0.15, 0.2) is 5.67 Å². The van der Waals surface area contributed by atoms with Gasteiger partial charge in [-0.1, -0.05) is 0 Å². The first kappa shape index (κ1) is 16.5. The zero-order valence-electron chi connectivity index (χ0n) is 15.6. The summed E-state index contributed by atoms with van der Waals surface area (Å²) in [7, 11) is 0. The molecular formula is C20H19FN6S. The fourth-order valence-corrected chi connectivity index (χ4v) is 5.87. The van der Waals surface area contributed by atoms with Gasteiger partial charge in [0.05, 0.1) is 29.3 Å². The van der Waals surface area contributed by atoms with Gasteiger partial charge in [-0.05, 0) is 32.4 Å². The van der Waals surface area contributed by atoms with Crippen LogP contribution in [0.2, 0.25) is 0 Å². The maximum atomic E-state index is 15.7. The number of piperidine rings is 1. The van der Waals surface area contributed by atoms with E-state index in [-0.39, 0.29) is 5.92 Å². The van der Waals surface area contributed by atoms with Crippen LogP contribution in [0.15, 0.2) is 24.5 Å². The van der Waals surface area contributed by atoms with E-state index in [9.17, 15) is 0 Å². The Labute approximate surface area is 164 Å². The minimum Gasteiger partial charge on any atom is -0.313 e. The highest BCUT2D eigenvalue weighted by atomic mass is 32.1. The van der Waals surface area contributed by atoms with Gasteiger partial charge in [0, 0.05) is 29.8 Å². The molecule has 0 radical (unpaired) electrons. The summed E-state index contributed by atoms with van der Waals surface area (Å²) < 4.78 is 17.5. The lowest BCUT2D eigenvalue weighted by Crippen LogP contribution is -2.37. The number of aryl methyl sites for hydroxylation is 2. The average molecular weight is 394 g/mol. The van der Waals surface area contributed by atoms with E-state index in [1.54, 1.807) is 6.20 Å². The van der Waals surface area contributed by atoms with Crippen LogP contribution in [0, 0.1) is 19.8 Å². The predicted molar refractivity (Wildman–Crippen MR) is 106 cm³/mol. The quantitative estimate of drug-likeness (QED) is 0.563. The second-order valence-electron chi connectivity index (χ2n) is 7.99. The van der Waals surface area contributed by atoms with Crippen molar-refractivity contribution >= 4 is 27.2 Å². The molecule has 6 nitrogen and oxygen atoms in total. The molecule has 0 spiro atoms. The molecule has 1 saturated carbocycles. The Morgan fingerprint density at radius 1 is 1.25 bits per heavy atom. The topological polar surface area (TPSA) is 68.0 Å². The standard InChI is InChI=1S/C20H19FN6S/c1-10-9-27-17(11(2)24-10)4-14(26-27)16-8-23-15-5-18(28-19(15)25-16)20(21)6-13-3-12(20)7-22-13/h4-5,8-9,12-13,22H,3,6-7H2,1-2H3/t12-,13-,20-/m1/s1. The zero-order valence-corrected chi connectivity index (χ0v) is 16.4. The molecule has 5 heterocycles. The molecule has 4 aromatic heterocycles. The van der Waals surface area contributed by atoms with E-state index in [1.807, 2.05) is 36.7 Å². The van der Waals surface area contributed by atoms with Crippen LogP contribution in [-0.2, 0) is 5.67 Å². The van der Waals surface area contributed by atoms with Crippen LogP contribution in [0.1, 0.15) is 29.1 Å². The third-order valence-corrected chi connectivity index (χ3v) is 7.26. The number of nitrogens with one attached hydrogen (secondary N) is 1. The molecule has 2 fully saturated rings. The van der Waals surface area contributed by atoms with E-state index in [0.29, 0.717) is 18.2 Å². The van der Waals surface area contributed by atoms with Crippen molar-refractivity contribution in [3.05, 3.63) is 40.8 Å². The molecule has 2 bridgehead atoms. The first-order valence-corrected chi connectivity index (χ1v) is 10.3. The SMILES string of the molecule is Cc1cn2nc(-c3cnc4cc([C@@]5(F)C[C@H]6C[C@@H]5CN6)sc4n3)cc2c(C)n1. The summed E-state index contributed by atoms with van der Waals surface area (Å²) in [6.45, 7) is 4.68. The van der Waals surface area contributed by atoms with Crippen molar-refractivity contribution in [2.24, 2.45) is 5.92 Å². The molecule has 0 amide bonds. The number of aromatic nitrogens is 5. The molecular weight excluding hydrogens is 375 g/mol. The Bertz CT molecular complexity index is 1250. The van der Waals surface area contributed by atoms with Gasteiger partial charge < -0.3 is 5.32 Å². The van der Waals surface area contributed by atoms with Crippen molar-refractivity contribution in [2.45, 2.75) is 38.4 Å². The Morgan fingerprint density at radius 2 is 2.14 bits per heavy atom. The number of alkyl halides is 1. The third-order valence-electron chi connectivity index (χ3n) is 6.09. The van der Waals surface area contributed by atoms with Gasteiger partial charge in [0.1, 0.15) is 21.7 Å². The lowest BCUT2D eigenvalue weighted by atomic mass is 9.90. The van der Waals surface area contributed by atoms with E-state index >= 15 is 4.39 Å². The van der Waals surface area contributed by atoms with Gasteiger partial charge in [-0.2, -0.15) is 5.10 Å². The predicted octanol–water partition coefficient (Wildman–Crippen LogP) is 3.56. The Balaban J connectivity index is 1.43. The van der Waals surface area contributed by atoms with Crippen molar-refractivity contribution in [1.82, 2.24) is 29.9 Å². The fourth-order valence-electron chi connectivity index (χ4n) is 4.71. The van der Waals surface area contributed by atoms with Gasteiger partial charge in [-0.3, -0.25) is 9.97 Å². The van der Waals surface area contributed by atoms with Crippen LogP contribution in [0.3, 0.4) is 0 Å². The Morgan fingerprint density at radius 3 is 2.93 bits per heavy atom. The fraction of sp³-hybridized carbons (Fsp3) is 0.400. The van der Waals surface area contributed by atoms with Crippen molar-refractivity contribution in [1.29, 1.82) is 0 Å². The highest BCUT2D eigenvalue weighted by Gasteiger charge is 2.53. The molecule has 2 aliphatic rings. The second-order valence-corrected chi connectivity index (χ2v) is 9.02. The maximum absolute atomic E-state index is 15.7. The lowest BCUT2D eigenvalue weighted by Gasteiger charge is -2.28. The van der Waals surface area contributed by atoms with Crippen molar-refractivity contribution in [3.8, 4) is 11.4 Å². The third kappa shape index (κ3) is 2.28. The van der Waals surface area contributed by atoms with Crippen molar-refractivity contribution in [3.63, 3.8) is 0 Å². The van der Waals surface area contributed by atoms with Gasteiger partial charge in [-0.25, -0.2) is 13.9 Å². The van der Waals surface area contributed by atoms with Crippen LogP contribution in [0.25, 0.3) is 27.3 Å². The number of rotatable bonds is 2. The number of hydrogen-bond acceptors (Lipinski definition) is 6. The van der Waals surface area contributed by atoms with Gasteiger partial charge >= 0.3 is 0 Å². The lowest BCUT2D eigenvalue weighted by molar-refractivity contribution is 0.0980. The van der Waals surface area contributed by atoms with Gasteiger partial charge in [0.2, 0.25) is 0 Å². The normalized spacial score (nSPS) is 26.7. The average Bonchev–Trinajstić information content (AvgIpc) is 3.42. The summed E-state index contributed by atoms with van der Waals surface area (Å²) in [6, 6.07) is 4.16. The summed E-state index contributed by atoms with van der Waals surface area (Å²) in [5.41, 5.74) is 3.75. The second kappa shape index (κ2) is 5.55. The Hall–Kier alpha value is -2.45. The molecule has 1 N–H and O–H groups in total. The largest absolute Gasteiger partial charge is 0.313 e. The summed E-state index contributed by atoms with van der Waals surface area (Å²) in [6.07, 6.45) is 5.10. The molecule has 1 aliphatic heterocycles. The monoisotopic (exact) mass is 394 g/mol. The molecule has 4 aromatic rings. The van der Waals surface area contributed by atoms with Crippen molar-refractivity contribution < 1.29 is 4.39 Å². The maximum Gasteiger partial charge on any atom is 0.150 e. The number of hydrogen-bond donors (Lipinski definition) is 1. The molecule has 0 unspecified atom stereocenters. The summed E-state index contributed by atoms with van der Waals surface area (Å²) >= 11 is 1.43. The molecule has 28 heavy (non-hydrogen) atoms. The number of nitrogens with zero attached hydrogens (tertiary/aromatic N) is 5.